The highest BCUT2D eigenvalue weighted by Gasteiger charge is 2.13. The molecule has 0 aromatic heterocycles. The average molecular weight is 145 g/mol. The molecule has 11 heavy (non-hydrogen) atoms. The highest BCUT2D eigenvalue weighted by Crippen LogP contribution is 2.26. The molecule has 1 aromatic rings. The maximum absolute atomic E-state index is 2.31. The van der Waals surface area contributed by atoms with Crippen molar-refractivity contribution in [3.63, 3.8) is 0 Å². The van der Waals surface area contributed by atoms with Gasteiger partial charge in [0.15, 0.2) is 0 Å². The van der Waals surface area contributed by atoms with E-state index in [1.807, 2.05) is 0 Å². The van der Waals surface area contributed by atoms with Crippen LogP contribution in [-0.2, 0) is 6.42 Å². The van der Waals surface area contributed by atoms with E-state index in [0.717, 1.165) is 0 Å². The fourth-order valence-electron chi connectivity index (χ4n) is 1.70. The van der Waals surface area contributed by atoms with Gasteiger partial charge in [0.1, 0.15) is 0 Å². The second-order valence-corrected chi connectivity index (χ2v) is 3.30. The third-order valence-electron chi connectivity index (χ3n) is 2.36. The molecule has 56 valence electrons. The van der Waals surface area contributed by atoms with Crippen LogP contribution in [0.5, 0.6) is 0 Å². The monoisotopic (exact) mass is 145 g/mol. The van der Waals surface area contributed by atoms with Crippen molar-refractivity contribution in [3.8, 4) is 0 Å². The zero-order valence-electron chi connectivity index (χ0n) is 7.09. The molecule has 0 radical (unpaired) electrons. The van der Waals surface area contributed by atoms with Gasteiger partial charge in [-0.1, -0.05) is 17.7 Å². The first-order valence-corrected chi connectivity index (χ1v) is 4.08. The first kappa shape index (κ1) is 6.77. The van der Waals surface area contributed by atoms with Gasteiger partial charge in [-0.3, -0.25) is 0 Å². The molecule has 0 bridgehead atoms. The lowest BCUT2D eigenvalue weighted by atomic mass is 10.1. The molecule has 2 rings (SSSR count). The van der Waals surface area contributed by atoms with E-state index in [1.54, 1.807) is 0 Å². The smallest absolute Gasteiger partial charge is 0.217 e. The third-order valence-corrected chi connectivity index (χ3v) is 2.36. The van der Waals surface area contributed by atoms with Crippen molar-refractivity contribution in [1.82, 2.24) is 0 Å². The summed E-state index contributed by atoms with van der Waals surface area (Å²) in [6.07, 6.45) is 1.22. The average Bonchev–Trinajstić information content (AvgIpc) is 2.32. The number of benzene rings is 1. The Morgan fingerprint density at radius 3 is 3.09 bits per heavy atom. The fraction of sp³-hybridized carbons (Fsp3) is 0.333. The van der Waals surface area contributed by atoms with Gasteiger partial charge in [-0.15, -0.1) is 0 Å². The lowest BCUT2D eigenvalue weighted by Gasteiger charge is -2.11. The van der Waals surface area contributed by atoms with Gasteiger partial charge in [0.25, 0.3) is 0 Å². The van der Waals surface area contributed by atoms with Crippen molar-refractivity contribution >= 4 is 13.7 Å². The lowest BCUT2D eigenvalue weighted by molar-refractivity contribution is 1.05. The summed E-state index contributed by atoms with van der Waals surface area (Å²) >= 11 is 0. The van der Waals surface area contributed by atoms with Crippen molar-refractivity contribution in [2.45, 2.75) is 13.3 Å². The molecule has 1 aromatic carbocycles. The SMILES string of the molecule is BN1CCc2cc(C)ccc21. The number of fused-ring (bicyclic) bond motifs is 1. The van der Waals surface area contributed by atoms with Crippen LogP contribution in [0.1, 0.15) is 11.1 Å². The summed E-state index contributed by atoms with van der Waals surface area (Å²) in [5.41, 5.74) is 4.29. The van der Waals surface area contributed by atoms with E-state index in [-0.39, 0.29) is 0 Å². The van der Waals surface area contributed by atoms with Gasteiger partial charge in [0.05, 0.1) is 0 Å². The van der Waals surface area contributed by atoms with Crippen LogP contribution in [0.4, 0.5) is 5.69 Å². The van der Waals surface area contributed by atoms with Crippen LogP contribution < -0.4 is 4.81 Å². The van der Waals surface area contributed by atoms with E-state index in [0.29, 0.717) is 0 Å². The molecule has 2 heteroatoms. The van der Waals surface area contributed by atoms with E-state index >= 15 is 0 Å². The van der Waals surface area contributed by atoms with Crippen molar-refractivity contribution in [1.29, 1.82) is 0 Å². The van der Waals surface area contributed by atoms with Crippen LogP contribution in [0.2, 0.25) is 0 Å². The van der Waals surface area contributed by atoms with Gasteiger partial charge < -0.3 is 4.81 Å². The van der Waals surface area contributed by atoms with Gasteiger partial charge in [-0.05, 0) is 25.0 Å². The number of aryl methyl sites for hydroxylation is 1. The summed E-state index contributed by atoms with van der Waals surface area (Å²) in [6, 6.07) is 6.69. The Bertz CT molecular complexity index is 283. The molecule has 0 saturated carbocycles. The van der Waals surface area contributed by atoms with Gasteiger partial charge >= 0.3 is 0 Å². The highest BCUT2D eigenvalue weighted by atomic mass is 15.1. The second-order valence-electron chi connectivity index (χ2n) is 3.30. The van der Waals surface area contributed by atoms with Gasteiger partial charge in [-0.25, -0.2) is 0 Å². The Kier molecular flexibility index (Phi) is 1.41. The Hall–Kier alpha value is -0.915. The van der Waals surface area contributed by atoms with E-state index in [4.69, 9.17) is 0 Å². The molecular weight excluding hydrogens is 133 g/mol. The summed E-state index contributed by atoms with van der Waals surface area (Å²) in [7, 11) is 2.15. The minimum Gasteiger partial charge on any atom is -0.421 e. The molecule has 0 fully saturated rings. The molecule has 0 saturated heterocycles. The number of rotatable bonds is 0. The van der Waals surface area contributed by atoms with Crippen LogP contribution in [0, 0.1) is 6.92 Å². The van der Waals surface area contributed by atoms with Crippen molar-refractivity contribution in [2.75, 3.05) is 11.4 Å². The summed E-state index contributed by atoms with van der Waals surface area (Å²) < 4.78 is 0. The van der Waals surface area contributed by atoms with Gasteiger partial charge in [-0.2, -0.15) is 0 Å². The minimum atomic E-state index is 1.18. The third kappa shape index (κ3) is 1.03. The molecular formula is C9H12BN. The van der Waals surface area contributed by atoms with Crippen molar-refractivity contribution in [3.05, 3.63) is 29.3 Å². The first-order chi connectivity index (χ1) is 5.27. The highest BCUT2D eigenvalue weighted by molar-refractivity contribution is 6.18. The molecule has 0 amide bonds. The Balaban J connectivity index is 2.50. The Labute approximate surface area is 68.5 Å². The maximum Gasteiger partial charge on any atom is 0.217 e. The minimum absolute atomic E-state index is 1.18. The summed E-state index contributed by atoms with van der Waals surface area (Å²) in [6.45, 7) is 3.33. The maximum atomic E-state index is 2.31. The molecule has 1 heterocycles. The predicted molar refractivity (Wildman–Crippen MR) is 50.8 cm³/mol. The molecule has 0 spiro atoms. The second kappa shape index (κ2) is 2.30. The largest absolute Gasteiger partial charge is 0.421 e. The van der Waals surface area contributed by atoms with Gasteiger partial charge in [0.2, 0.25) is 7.98 Å². The molecule has 0 aliphatic carbocycles. The molecule has 1 aliphatic heterocycles. The van der Waals surface area contributed by atoms with Crippen LogP contribution in [0.3, 0.4) is 0 Å². The number of nitrogens with zero attached hydrogens (tertiary/aromatic N) is 1. The van der Waals surface area contributed by atoms with E-state index in [2.05, 4.69) is 37.9 Å². The van der Waals surface area contributed by atoms with Crippen LogP contribution in [-0.4, -0.2) is 14.5 Å². The zero-order valence-corrected chi connectivity index (χ0v) is 7.09. The van der Waals surface area contributed by atoms with Crippen LogP contribution in [0.15, 0.2) is 18.2 Å². The number of anilines is 1. The molecule has 1 aliphatic rings. The van der Waals surface area contributed by atoms with Crippen molar-refractivity contribution in [2.24, 2.45) is 0 Å². The summed E-state index contributed by atoms with van der Waals surface area (Å²) in [5.74, 6) is 0. The normalized spacial score (nSPS) is 15.2. The van der Waals surface area contributed by atoms with E-state index in [1.165, 1.54) is 29.8 Å². The predicted octanol–water partition coefficient (Wildman–Crippen LogP) is 0.906. The lowest BCUT2D eigenvalue weighted by Crippen LogP contribution is -2.14. The quantitative estimate of drug-likeness (QED) is 0.490. The fourth-order valence-corrected chi connectivity index (χ4v) is 1.70. The first-order valence-electron chi connectivity index (χ1n) is 4.08. The van der Waals surface area contributed by atoms with Crippen LogP contribution >= 0.6 is 0 Å². The Morgan fingerprint density at radius 1 is 1.45 bits per heavy atom. The molecule has 0 unspecified atom stereocenters. The number of hydrogen-bond acceptors (Lipinski definition) is 1. The van der Waals surface area contributed by atoms with Crippen molar-refractivity contribution < 1.29 is 0 Å². The summed E-state index contributed by atoms with van der Waals surface area (Å²) in [5, 5.41) is 0. The standard InChI is InChI=1S/C9H12BN/c1-7-2-3-9-8(6-7)4-5-11(9)10/h2-3,6H,4-5,10H2,1H3. The topological polar surface area (TPSA) is 3.24 Å². The molecule has 1 nitrogen and oxygen atoms in total. The molecule has 0 atom stereocenters. The van der Waals surface area contributed by atoms with E-state index in [9.17, 15) is 0 Å². The van der Waals surface area contributed by atoms with Gasteiger partial charge in [0, 0.05) is 12.2 Å². The number of hydrogen-bond donors (Lipinski definition) is 0. The summed E-state index contributed by atoms with van der Waals surface area (Å²) in [4.78, 5) is 2.31. The molecule has 0 N–H and O–H groups in total. The Morgan fingerprint density at radius 2 is 2.27 bits per heavy atom. The van der Waals surface area contributed by atoms with E-state index < -0.39 is 0 Å². The zero-order chi connectivity index (χ0) is 7.84. The van der Waals surface area contributed by atoms with Crippen LogP contribution in [0.25, 0.3) is 0 Å².